The number of aromatic nitrogens is 1. The summed E-state index contributed by atoms with van der Waals surface area (Å²) in [6.45, 7) is 13.0. The monoisotopic (exact) mass is 1050 g/mol. The van der Waals surface area contributed by atoms with Crippen LogP contribution in [0.25, 0.3) is 10.9 Å². The second-order valence-corrected chi connectivity index (χ2v) is 22.9. The molecule has 77 heavy (non-hydrogen) atoms. The van der Waals surface area contributed by atoms with Gasteiger partial charge in [0.25, 0.3) is 5.91 Å². The zero-order valence-corrected chi connectivity index (χ0v) is 45.9. The fraction of sp³-hybridized carbons (Fsp3) is 0.484. The number of piperidine rings is 1. The number of amides is 1. The van der Waals surface area contributed by atoms with E-state index in [1.165, 1.54) is 21.1 Å². The van der Waals surface area contributed by atoms with Crippen molar-refractivity contribution in [2.45, 2.75) is 120 Å². The number of hydrogen-bond donors (Lipinski definition) is 3. The molecule has 3 fully saturated rings. The van der Waals surface area contributed by atoms with Crippen molar-refractivity contribution in [3.63, 3.8) is 0 Å². The number of carbonyl (C=O) groups excluding carboxylic acids is 4. The van der Waals surface area contributed by atoms with E-state index < -0.39 is 57.4 Å². The number of aliphatic hydroxyl groups is 1. The summed E-state index contributed by atoms with van der Waals surface area (Å²) in [5, 5.41) is 18.1. The van der Waals surface area contributed by atoms with Gasteiger partial charge in [-0.2, -0.15) is 0 Å². The van der Waals surface area contributed by atoms with Gasteiger partial charge in [0.2, 0.25) is 5.60 Å². The van der Waals surface area contributed by atoms with Crippen LogP contribution in [0.1, 0.15) is 102 Å². The van der Waals surface area contributed by atoms with Crippen molar-refractivity contribution >= 4 is 40.4 Å². The number of benzene rings is 4. The molecule has 2 saturated heterocycles. The highest BCUT2D eigenvalue weighted by molar-refractivity contribution is 5.96. The van der Waals surface area contributed by atoms with Crippen LogP contribution in [-0.4, -0.2) is 134 Å². The van der Waals surface area contributed by atoms with Crippen molar-refractivity contribution in [1.29, 1.82) is 0 Å². The minimum atomic E-state index is -2.34. The third-order valence-electron chi connectivity index (χ3n) is 19.0. The number of hydrogen-bond acceptors (Lipinski definition) is 13. The number of rotatable bonds is 12. The molecule has 1 unspecified atom stereocenters. The standard InChI is InChI=1S/C62H73N5O10/c1-10-58(64-52(69)42-28-37(3)50(38(4)29-42)76-35-40-18-13-12-14-19-40)32-41-33-61(56(70)74-8,51-44(22-26-66(34-41)36-58)43-20-15-16-21-47(43)63-51)46-30-45-48(31-49(46)73-7)65(6)54-60(45)24-27-67-25-17-23-59(11-2,53(60)67)55(77-39(5)68)62(54,72)57(71)75-9/h12-21,23,28-31,41,53-55,63,72H,10-11,22,24-27,32-36H2,1-9H3,(H,64,69)/t41-,53+,54-,55-,58+,59-,60-,61+,62+/m1/s1. The molecule has 1 aromatic heterocycles. The van der Waals surface area contributed by atoms with Crippen LogP contribution in [0.3, 0.4) is 0 Å². The number of ether oxygens (including phenoxy) is 5. The molecule has 6 heterocycles. The van der Waals surface area contributed by atoms with E-state index in [0.29, 0.717) is 94.7 Å². The van der Waals surface area contributed by atoms with Crippen LogP contribution in [0.2, 0.25) is 0 Å². The highest BCUT2D eigenvalue weighted by Gasteiger charge is 2.80. The highest BCUT2D eigenvalue weighted by atomic mass is 16.6. The normalized spacial score (nSPS) is 30.9. The predicted molar refractivity (Wildman–Crippen MR) is 292 cm³/mol. The maximum Gasteiger partial charge on any atom is 0.344 e. The fourth-order valence-corrected chi connectivity index (χ4v) is 16.1. The van der Waals surface area contributed by atoms with Crippen molar-refractivity contribution in [3.8, 4) is 11.5 Å². The first kappa shape index (κ1) is 52.4. The molecule has 10 atom stereocenters. The van der Waals surface area contributed by atoms with Crippen molar-refractivity contribution < 1.29 is 48.0 Å². The van der Waals surface area contributed by atoms with Gasteiger partial charge in [-0.3, -0.25) is 19.3 Å². The van der Waals surface area contributed by atoms with Gasteiger partial charge >= 0.3 is 17.9 Å². The molecule has 11 rings (SSSR count). The summed E-state index contributed by atoms with van der Waals surface area (Å²) in [5.74, 6) is -1.11. The number of fused-ring (bicyclic) bond motifs is 6. The summed E-state index contributed by atoms with van der Waals surface area (Å²) in [7, 11) is 6.18. The summed E-state index contributed by atoms with van der Waals surface area (Å²) in [6, 6.07) is 24.8. The number of aromatic amines is 1. The number of para-hydroxylation sites is 1. The minimum Gasteiger partial charge on any atom is -0.496 e. The molecule has 15 heteroatoms. The molecule has 3 N–H and O–H groups in total. The van der Waals surface area contributed by atoms with E-state index in [2.05, 4.69) is 51.3 Å². The molecule has 5 aromatic rings. The summed E-state index contributed by atoms with van der Waals surface area (Å²) in [6.07, 6.45) is 5.89. The third kappa shape index (κ3) is 7.75. The number of carbonyl (C=O) groups is 4. The first-order valence-corrected chi connectivity index (χ1v) is 27.4. The Balaban J connectivity index is 1.06. The number of likely N-dealkylation sites (N-methyl/N-ethyl adjacent to an activating group) is 1. The highest BCUT2D eigenvalue weighted by Crippen LogP contribution is 2.68. The zero-order chi connectivity index (χ0) is 54.4. The second-order valence-electron chi connectivity index (χ2n) is 22.9. The molecule has 0 radical (unpaired) electrons. The molecular weight excluding hydrogens is 975 g/mol. The van der Waals surface area contributed by atoms with E-state index in [1.54, 1.807) is 7.11 Å². The minimum absolute atomic E-state index is 0.161. The molecule has 1 saturated carbocycles. The van der Waals surface area contributed by atoms with Gasteiger partial charge in [-0.25, -0.2) is 4.79 Å². The lowest BCUT2D eigenvalue weighted by atomic mass is 9.47. The maximum absolute atomic E-state index is 15.9. The van der Waals surface area contributed by atoms with Crippen LogP contribution in [-0.2, 0) is 52.5 Å². The molecule has 4 aromatic carbocycles. The molecule has 15 nitrogen and oxygen atoms in total. The van der Waals surface area contributed by atoms with Crippen LogP contribution in [0.15, 0.2) is 91.0 Å². The smallest absolute Gasteiger partial charge is 0.344 e. The zero-order valence-electron chi connectivity index (χ0n) is 45.9. The Labute approximate surface area is 451 Å². The van der Waals surface area contributed by atoms with Crippen LogP contribution in [0, 0.1) is 25.2 Å². The Morgan fingerprint density at radius 2 is 1.58 bits per heavy atom. The quantitative estimate of drug-likeness (QED) is 0.0634. The van der Waals surface area contributed by atoms with Gasteiger partial charge in [-0.05, 0) is 117 Å². The molecule has 1 aliphatic carbocycles. The van der Waals surface area contributed by atoms with E-state index in [4.69, 9.17) is 23.7 Å². The Bertz CT molecular complexity index is 3190. The largest absolute Gasteiger partial charge is 0.496 e. The van der Waals surface area contributed by atoms with Gasteiger partial charge < -0.3 is 48.9 Å². The lowest BCUT2D eigenvalue weighted by Gasteiger charge is -2.63. The first-order chi connectivity index (χ1) is 37.0. The fourth-order valence-electron chi connectivity index (χ4n) is 16.1. The van der Waals surface area contributed by atoms with Gasteiger partial charge in [0.15, 0.2) is 6.10 Å². The summed E-state index contributed by atoms with van der Waals surface area (Å²) < 4.78 is 30.7. The van der Waals surface area contributed by atoms with E-state index in [-0.39, 0.29) is 17.9 Å². The van der Waals surface area contributed by atoms with E-state index in [0.717, 1.165) is 55.9 Å². The van der Waals surface area contributed by atoms with Gasteiger partial charge in [-0.1, -0.05) is 74.5 Å². The molecule has 6 aliphatic rings. The van der Waals surface area contributed by atoms with Crippen LogP contribution < -0.4 is 19.7 Å². The lowest BCUT2D eigenvalue weighted by Crippen LogP contribution is -2.81. The number of nitrogens with one attached hydrogen (secondary N) is 2. The number of H-pyrrole nitrogens is 1. The van der Waals surface area contributed by atoms with E-state index in [1.807, 2.05) is 99.4 Å². The van der Waals surface area contributed by atoms with Gasteiger partial charge in [0.1, 0.15) is 23.5 Å². The SMILES string of the molecule is CC[C@]1(NC(=O)c2cc(C)c(OCc3ccccc3)c(C)c2)C[C@H]2CN(CCc3c([nH]c4ccccc34)[C@@](C(=O)OC)(c3cc4c(cc3OC)N(C)[C@H]3[C@@](O)(C(=O)OC)[C@H](OC(C)=O)[C@]5(CC)C=CCN6CC[C@]43[C@@H]65)C2)C1. The predicted octanol–water partition coefficient (Wildman–Crippen LogP) is 7.62. The van der Waals surface area contributed by atoms with Crippen LogP contribution in [0.5, 0.6) is 11.5 Å². The first-order valence-electron chi connectivity index (χ1n) is 27.4. The van der Waals surface area contributed by atoms with Crippen molar-refractivity contribution in [2.24, 2.45) is 11.3 Å². The molecule has 5 aliphatic heterocycles. The molecule has 406 valence electrons. The summed E-state index contributed by atoms with van der Waals surface area (Å²) in [4.78, 5) is 69.1. The second kappa shape index (κ2) is 19.3. The lowest BCUT2D eigenvalue weighted by molar-refractivity contribution is -0.228. The van der Waals surface area contributed by atoms with E-state index in [9.17, 15) is 19.5 Å². The number of methoxy groups -OCH3 is 3. The van der Waals surface area contributed by atoms with Crippen molar-refractivity contribution in [3.05, 3.63) is 136 Å². The average molecular weight is 1050 g/mol. The Hall–Kier alpha value is -6.68. The molecular formula is C62H73N5O10. The molecule has 2 bridgehead atoms. The number of aryl methyl sites for hydroxylation is 2. The Kier molecular flexibility index (Phi) is 13.2. The Morgan fingerprint density at radius 1 is 0.857 bits per heavy atom. The number of anilines is 1. The Morgan fingerprint density at radius 3 is 2.27 bits per heavy atom. The number of nitrogens with zero attached hydrogens (tertiary/aromatic N) is 3. The average Bonchev–Trinajstić information content (AvgIpc) is 4.12. The molecule has 1 amide bonds. The maximum atomic E-state index is 15.9. The molecule has 1 spiro atoms. The van der Waals surface area contributed by atoms with Crippen LogP contribution in [0.4, 0.5) is 5.69 Å². The van der Waals surface area contributed by atoms with Gasteiger partial charge in [0.05, 0.1) is 32.9 Å². The van der Waals surface area contributed by atoms with Crippen LogP contribution >= 0.6 is 0 Å². The summed E-state index contributed by atoms with van der Waals surface area (Å²) in [5.41, 5.74) is 1.64. The summed E-state index contributed by atoms with van der Waals surface area (Å²) >= 11 is 0. The number of esters is 3. The van der Waals surface area contributed by atoms with Crippen molar-refractivity contribution in [1.82, 2.24) is 20.1 Å². The van der Waals surface area contributed by atoms with Crippen molar-refractivity contribution in [2.75, 3.05) is 66.0 Å². The topological polar surface area (TPSA) is 172 Å². The van der Waals surface area contributed by atoms with Gasteiger partial charge in [-0.15, -0.1) is 0 Å². The van der Waals surface area contributed by atoms with Gasteiger partial charge in [0, 0.05) is 96.5 Å². The van der Waals surface area contributed by atoms with E-state index >= 15 is 4.79 Å². The third-order valence-corrected chi connectivity index (χ3v) is 19.0.